The van der Waals surface area contributed by atoms with Crippen LogP contribution in [0.3, 0.4) is 0 Å². The Bertz CT molecular complexity index is 1070. The molecule has 0 bridgehead atoms. The van der Waals surface area contributed by atoms with Gasteiger partial charge in [0.25, 0.3) is 0 Å². The van der Waals surface area contributed by atoms with Crippen LogP contribution >= 0.6 is 0 Å². The number of methoxy groups -OCH3 is 1. The summed E-state index contributed by atoms with van der Waals surface area (Å²) in [6.07, 6.45) is 0.720. The summed E-state index contributed by atoms with van der Waals surface area (Å²) in [5.74, 6) is 0.155. The Balaban J connectivity index is 1.32. The summed E-state index contributed by atoms with van der Waals surface area (Å²) in [5.41, 5.74) is 2.90. The fourth-order valence-electron chi connectivity index (χ4n) is 4.78. The zero-order valence-electron chi connectivity index (χ0n) is 21.0. The number of nitrogens with one attached hydrogen (secondary N) is 2. The third-order valence-electron chi connectivity index (χ3n) is 6.87. The first kappa shape index (κ1) is 25.5. The van der Waals surface area contributed by atoms with Gasteiger partial charge in [0, 0.05) is 50.6 Å². The number of ether oxygens (including phenoxy) is 1. The minimum atomic E-state index is -0.805. The SMILES string of the molecule is CCc1ccccc1NC(=O)C[C@@H]1C(=O)NCCN1C(=O)CN1CCN(c2ccc(OC)cc2)CC1. The summed E-state index contributed by atoms with van der Waals surface area (Å²) in [5, 5.41) is 5.72. The van der Waals surface area contributed by atoms with Crippen LogP contribution in [0.2, 0.25) is 0 Å². The van der Waals surface area contributed by atoms with Gasteiger partial charge in [-0.25, -0.2) is 0 Å². The van der Waals surface area contributed by atoms with Crippen LogP contribution in [0, 0.1) is 0 Å². The molecule has 2 N–H and O–H groups in total. The van der Waals surface area contributed by atoms with Crippen LogP contribution in [-0.2, 0) is 20.8 Å². The standard InChI is InChI=1S/C27H35N5O4/c1-3-20-6-4-5-7-23(20)29-25(33)18-24-27(35)28-12-13-32(24)26(34)19-30-14-16-31(17-15-30)21-8-10-22(36-2)11-9-21/h4-11,24H,3,12-19H2,1-2H3,(H,28,35)(H,29,33)/t24-/m1/s1. The van der Waals surface area contributed by atoms with Gasteiger partial charge in [0.15, 0.2) is 0 Å². The Kier molecular flexibility index (Phi) is 8.43. The minimum absolute atomic E-state index is 0.0686. The first-order valence-electron chi connectivity index (χ1n) is 12.5. The van der Waals surface area contributed by atoms with Gasteiger partial charge in [0.2, 0.25) is 17.7 Å². The maximum Gasteiger partial charge on any atom is 0.243 e. The quantitative estimate of drug-likeness (QED) is 0.582. The number of nitrogens with zero attached hydrogens (tertiary/aromatic N) is 3. The number of rotatable bonds is 8. The predicted molar refractivity (Wildman–Crippen MR) is 139 cm³/mol. The van der Waals surface area contributed by atoms with Gasteiger partial charge in [0.05, 0.1) is 20.1 Å². The lowest BCUT2D eigenvalue weighted by atomic mass is 10.1. The van der Waals surface area contributed by atoms with Crippen molar-refractivity contribution in [3.8, 4) is 5.75 Å². The monoisotopic (exact) mass is 493 g/mol. The molecular weight excluding hydrogens is 458 g/mol. The molecule has 3 amide bonds. The largest absolute Gasteiger partial charge is 0.497 e. The number of para-hydroxylation sites is 1. The molecule has 36 heavy (non-hydrogen) atoms. The van der Waals surface area contributed by atoms with E-state index in [4.69, 9.17) is 4.74 Å². The van der Waals surface area contributed by atoms with Crippen molar-refractivity contribution in [2.75, 3.05) is 63.1 Å². The van der Waals surface area contributed by atoms with Gasteiger partial charge < -0.3 is 25.2 Å². The summed E-state index contributed by atoms with van der Waals surface area (Å²) in [4.78, 5) is 44.7. The van der Waals surface area contributed by atoms with E-state index in [-0.39, 0.29) is 30.7 Å². The molecule has 2 aliphatic heterocycles. The molecule has 2 saturated heterocycles. The van der Waals surface area contributed by atoms with Crippen molar-refractivity contribution in [2.45, 2.75) is 25.8 Å². The maximum absolute atomic E-state index is 13.2. The average Bonchev–Trinajstić information content (AvgIpc) is 2.90. The van der Waals surface area contributed by atoms with Gasteiger partial charge in [0.1, 0.15) is 11.8 Å². The lowest BCUT2D eigenvalue weighted by Gasteiger charge is -2.39. The smallest absolute Gasteiger partial charge is 0.243 e. The third kappa shape index (κ3) is 6.15. The topological polar surface area (TPSA) is 94.2 Å². The molecule has 1 atom stereocenters. The van der Waals surface area contributed by atoms with E-state index in [0.717, 1.165) is 55.3 Å². The lowest BCUT2D eigenvalue weighted by molar-refractivity contribution is -0.145. The van der Waals surface area contributed by atoms with Crippen LogP contribution in [0.15, 0.2) is 48.5 Å². The van der Waals surface area contributed by atoms with E-state index in [9.17, 15) is 14.4 Å². The second kappa shape index (κ2) is 11.9. The highest BCUT2D eigenvalue weighted by molar-refractivity contribution is 5.98. The highest BCUT2D eigenvalue weighted by Crippen LogP contribution is 2.21. The average molecular weight is 494 g/mol. The molecule has 4 rings (SSSR count). The highest BCUT2D eigenvalue weighted by atomic mass is 16.5. The Labute approximate surface area is 212 Å². The van der Waals surface area contributed by atoms with Gasteiger partial charge in [-0.15, -0.1) is 0 Å². The van der Waals surface area contributed by atoms with Gasteiger partial charge in [-0.1, -0.05) is 25.1 Å². The summed E-state index contributed by atoms with van der Waals surface area (Å²) in [6.45, 7) is 6.17. The number of hydrogen-bond donors (Lipinski definition) is 2. The second-order valence-corrected chi connectivity index (χ2v) is 9.12. The molecule has 2 heterocycles. The van der Waals surface area contributed by atoms with E-state index in [1.54, 1.807) is 12.0 Å². The number of piperazine rings is 2. The van der Waals surface area contributed by atoms with Crippen molar-refractivity contribution in [1.29, 1.82) is 0 Å². The lowest BCUT2D eigenvalue weighted by Crippen LogP contribution is -2.60. The molecule has 0 radical (unpaired) electrons. The highest BCUT2D eigenvalue weighted by Gasteiger charge is 2.35. The predicted octanol–water partition coefficient (Wildman–Crippen LogP) is 1.74. The number of anilines is 2. The molecule has 9 heteroatoms. The minimum Gasteiger partial charge on any atom is -0.497 e. The van der Waals surface area contributed by atoms with Crippen LogP contribution in [0.5, 0.6) is 5.75 Å². The number of aryl methyl sites for hydroxylation is 1. The molecular formula is C27H35N5O4. The van der Waals surface area contributed by atoms with Crippen LogP contribution in [-0.4, -0.2) is 86.5 Å². The molecule has 2 aromatic carbocycles. The normalized spacial score (nSPS) is 18.5. The molecule has 0 aliphatic carbocycles. The van der Waals surface area contributed by atoms with Crippen LogP contribution in [0.25, 0.3) is 0 Å². The fraction of sp³-hybridized carbons (Fsp3) is 0.444. The Morgan fingerprint density at radius 1 is 1.03 bits per heavy atom. The molecule has 2 aromatic rings. The van der Waals surface area contributed by atoms with Crippen molar-refractivity contribution < 1.29 is 19.1 Å². The van der Waals surface area contributed by atoms with Gasteiger partial charge in [-0.2, -0.15) is 0 Å². The number of carbonyl (C=O) groups is 3. The first-order valence-corrected chi connectivity index (χ1v) is 12.5. The van der Waals surface area contributed by atoms with Crippen molar-refractivity contribution >= 4 is 29.1 Å². The van der Waals surface area contributed by atoms with Crippen molar-refractivity contribution in [3.63, 3.8) is 0 Å². The number of carbonyl (C=O) groups excluding carboxylic acids is 3. The van der Waals surface area contributed by atoms with E-state index >= 15 is 0 Å². The zero-order valence-corrected chi connectivity index (χ0v) is 21.0. The van der Waals surface area contributed by atoms with E-state index in [2.05, 4.69) is 20.4 Å². The summed E-state index contributed by atoms with van der Waals surface area (Å²) in [7, 11) is 1.65. The molecule has 0 unspecified atom stereocenters. The third-order valence-corrected chi connectivity index (χ3v) is 6.87. The fourth-order valence-corrected chi connectivity index (χ4v) is 4.78. The van der Waals surface area contributed by atoms with Gasteiger partial charge >= 0.3 is 0 Å². The van der Waals surface area contributed by atoms with Crippen molar-refractivity contribution in [2.24, 2.45) is 0 Å². The molecule has 0 aromatic heterocycles. The first-order chi connectivity index (χ1) is 17.5. The molecule has 192 valence electrons. The summed E-state index contributed by atoms with van der Waals surface area (Å²) in [6, 6.07) is 14.8. The van der Waals surface area contributed by atoms with Crippen molar-refractivity contribution in [1.82, 2.24) is 15.1 Å². The summed E-state index contributed by atoms with van der Waals surface area (Å²) < 4.78 is 5.23. The molecule has 0 spiro atoms. The number of amides is 3. The Hall–Kier alpha value is -3.59. The molecule has 2 aliphatic rings. The van der Waals surface area contributed by atoms with Gasteiger partial charge in [-0.3, -0.25) is 19.3 Å². The molecule has 9 nitrogen and oxygen atoms in total. The molecule has 0 saturated carbocycles. The second-order valence-electron chi connectivity index (χ2n) is 9.12. The van der Waals surface area contributed by atoms with Crippen LogP contribution in [0.4, 0.5) is 11.4 Å². The van der Waals surface area contributed by atoms with E-state index in [1.165, 1.54) is 0 Å². The van der Waals surface area contributed by atoms with Crippen LogP contribution in [0.1, 0.15) is 18.9 Å². The number of benzene rings is 2. The van der Waals surface area contributed by atoms with E-state index in [0.29, 0.717) is 13.1 Å². The zero-order chi connectivity index (χ0) is 25.5. The van der Waals surface area contributed by atoms with E-state index in [1.807, 2.05) is 55.5 Å². The number of hydrogen-bond acceptors (Lipinski definition) is 6. The summed E-state index contributed by atoms with van der Waals surface area (Å²) >= 11 is 0. The van der Waals surface area contributed by atoms with E-state index < -0.39 is 6.04 Å². The van der Waals surface area contributed by atoms with Crippen molar-refractivity contribution in [3.05, 3.63) is 54.1 Å². The Morgan fingerprint density at radius 3 is 2.44 bits per heavy atom. The Morgan fingerprint density at radius 2 is 1.75 bits per heavy atom. The van der Waals surface area contributed by atoms with Crippen LogP contribution < -0.4 is 20.3 Å². The maximum atomic E-state index is 13.2. The molecule has 2 fully saturated rings. The van der Waals surface area contributed by atoms with Gasteiger partial charge in [-0.05, 0) is 42.3 Å².